The zero-order chi connectivity index (χ0) is 13.1. The number of halogens is 3. The van der Waals surface area contributed by atoms with Crippen LogP contribution in [0, 0.1) is 0 Å². The van der Waals surface area contributed by atoms with E-state index in [1.165, 1.54) is 6.20 Å². The molecule has 0 fully saturated rings. The number of amides is 2. The van der Waals surface area contributed by atoms with Gasteiger partial charge in [-0.2, -0.15) is 13.2 Å². The van der Waals surface area contributed by atoms with Crippen LogP contribution in [0.15, 0.2) is 6.20 Å². The molecule has 2 amide bonds. The topological polar surface area (TPSA) is 91.3 Å². The molecule has 17 heavy (non-hydrogen) atoms. The molecule has 0 aromatic carbocycles. The predicted octanol–water partition coefficient (Wildman–Crippen LogP) is 1.41. The highest BCUT2D eigenvalue weighted by Crippen LogP contribution is 2.22. The lowest BCUT2D eigenvalue weighted by molar-refractivity contribution is -0.167. The average Bonchev–Trinajstić information content (AvgIpc) is 2.61. The molecule has 0 aliphatic rings. The van der Waals surface area contributed by atoms with Crippen LogP contribution in [0.1, 0.15) is 4.88 Å². The molecule has 3 N–H and O–H groups in total. The molecular weight excluding hydrogens is 263 g/mol. The lowest BCUT2D eigenvalue weighted by atomic mass is 10.5. The number of nitrogens with zero attached hydrogens (tertiary/aromatic N) is 1. The Morgan fingerprint density at radius 3 is 2.65 bits per heavy atom. The summed E-state index contributed by atoms with van der Waals surface area (Å²) in [5.41, 5.74) is 0. The predicted molar refractivity (Wildman–Crippen MR) is 51.7 cm³/mol. The highest BCUT2D eigenvalue weighted by Gasteiger charge is 2.39. The summed E-state index contributed by atoms with van der Waals surface area (Å²) in [7, 11) is 0. The Morgan fingerprint density at radius 1 is 1.47 bits per heavy atom. The third-order valence-corrected chi connectivity index (χ3v) is 2.36. The molecule has 1 aromatic rings. The molecular formula is C7H6F3N3O3S. The molecule has 10 heteroatoms. The Labute approximate surface area is 96.5 Å². The van der Waals surface area contributed by atoms with Crippen molar-refractivity contribution in [3.63, 3.8) is 0 Å². The molecule has 1 heterocycles. The van der Waals surface area contributed by atoms with Gasteiger partial charge in [-0.05, 0) is 0 Å². The van der Waals surface area contributed by atoms with E-state index in [2.05, 4.69) is 4.98 Å². The second kappa shape index (κ2) is 4.99. The Bertz CT molecular complexity index is 431. The van der Waals surface area contributed by atoms with Gasteiger partial charge in [-0.3, -0.25) is 10.1 Å². The molecule has 0 unspecified atom stereocenters. The van der Waals surface area contributed by atoms with Crippen molar-refractivity contribution in [2.75, 3.05) is 5.32 Å². The zero-order valence-electron chi connectivity index (χ0n) is 8.04. The number of aromatic nitrogens is 1. The van der Waals surface area contributed by atoms with Gasteiger partial charge in [0.2, 0.25) is 0 Å². The van der Waals surface area contributed by atoms with Gasteiger partial charge in [0.25, 0.3) is 0 Å². The fraction of sp³-hybridized carbons (Fsp3) is 0.286. The smallest absolute Gasteiger partial charge is 0.465 e. The summed E-state index contributed by atoms with van der Waals surface area (Å²) >= 11 is 0.750. The van der Waals surface area contributed by atoms with E-state index < -0.39 is 18.2 Å². The summed E-state index contributed by atoms with van der Waals surface area (Å²) in [5.74, 6) is -2.12. The van der Waals surface area contributed by atoms with Crippen LogP contribution >= 0.6 is 11.3 Å². The SMILES string of the molecule is O=C(O)NCc1cnc(NC(=O)C(F)(F)F)s1. The lowest BCUT2D eigenvalue weighted by Gasteiger charge is -2.04. The van der Waals surface area contributed by atoms with E-state index in [0.717, 1.165) is 11.3 Å². The van der Waals surface area contributed by atoms with E-state index >= 15 is 0 Å². The summed E-state index contributed by atoms with van der Waals surface area (Å²) in [4.78, 5) is 24.6. The van der Waals surface area contributed by atoms with Crippen LogP contribution in [0.2, 0.25) is 0 Å². The van der Waals surface area contributed by atoms with E-state index in [1.807, 2.05) is 5.32 Å². The van der Waals surface area contributed by atoms with E-state index in [9.17, 15) is 22.8 Å². The highest BCUT2D eigenvalue weighted by molar-refractivity contribution is 7.15. The maximum absolute atomic E-state index is 11.9. The van der Waals surface area contributed by atoms with Crippen LogP contribution in [0.5, 0.6) is 0 Å². The van der Waals surface area contributed by atoms with Crippen molar-refractivity contribution in [3.05, 3.63) is 11.1 Å². The highest BCUT2D eigenvalue weighted by atomic mass is 32.1. The van der Waals surface area contributed by atoms with E-state index in [0.29, 0.717) is 4.88 Å². The first kappa shape index (κ1) is 13.2. The summed E-state index contributed by atoms with van der Waals surface area (Å²) < 4.78 is 35.6. The van der Waals surface area contributed by atoms with Crippen molar-refractivity contribution in [2.24, 2.45) is 0 Å². The number of carbonyl (C=O) groups excluding carboxylic acids is 1. The largest absolute Gasteiger partial charge is 0.471 e. The third kappa shape index (κ3) is 4.26. The second-order valence-electron chi connectivity index (χ2n) is 2.74. The van der Waals surface area contributed by atoms with Gasteiger partial charge in [0.15, 0.2) is 5.13 Å². The molecule has 0 aliphatic heterocycles. The first-order valence-corrected chi connectivity index (χ1v) is 4.90. The molecule has 6 nitrogen and oxygen atoms in total. The summed E-state index contributed by atoms with van der Waals surface area (Å²) in [6, 6.07) is 0. The number of thiazole rings is 1. The maximum Gasteiger partial charge on any atom is 0.471 e. The number of alkyl halides is 3. The monoisotopic (exact) mass is 269 g/mol. The molecule has 0 atom stereocenters. The summed E-state index contributed by atoms with van der Waals surface area (Å²) in [6.45, 7) is -0.0884. The number of carboxylic acid groups (broad SMARTS) is 1. The third-order valence-electron chi connectivity index (χ3n) is 1.45. The van der Waals surface area contributed by atoms with Crippen molar-refractivity contribution >= 4 is 28.5 Å². The maximum atomic E-state index is 11.9. The minimum Gasteiger partial charge on any atom is -0.465 e. The van der Waals surface area contributed by atoms with Gasteiger partial charge >= 0.3 is 18.2 Å². The standard InChI is InChI=1S/C7H6F3N3O3S/c8-7(9,10)4(14)13-5-11-1-3(17-5)2-12-6(15)16/h1,12H,2H2,(H,15,16)(H,11,13,14). The molecule has 0 bridgehead atoms. The fourth-order valence-corrected chi connectivity index (χ4v) is 1.52. The molecule has 0 radical (unpaired) electrons. The van der Waals surface area contributed by atoms with Gasteiger partial charge in [-0.1, -0.05) is 11.3 Å². The first-order chi connectivity index (χ1) is 7.79. The second-order valence-corrected chi connectivity index (χ2v) is 3.86. The Kier molecular flexibility index (Phi) is 3.89. The molecule has 1 rings (SSSR count). The number of hydrogen-bond donors (Lipinski definition) is 3. The Hall–Kier alpha value is -1.84. The van der Waals surface area contributed by atoms with Gasteiger partial charge in [0.05, 0.1) is 6.54 Å². The summed E-state index contributed by atoms with van der Waals surface area (Å²) in [5, 5.41) is 11.6. The molecule has 94 valence electrons. The fourth-order valence-electron chi connectivity index (χ4n) is 0.778. The molecule has 0 saturated carbocycles. The minimum absolute atomic E-state index is 0.0884. The van der Waals surface area contributed by atoms with Crippen LogP contribution in [0.4, 0.5) is 23.1 Å². The normalized spacial score (nSPS) is 11.0. The molecule has 0 spiro atoms. The quantitative estimate of drug-likeness (QED) is 0.773. The number of nitrogens with one attached hydrogen (secondary N) is 2. The average molecular weight is 269 g/mol. The van der Waals surface area contributed by atoms with Crippen LogP contribution in [0.25, 0.3) is 0 Å². The van der Waals surface area contributed by atoms with Crippen molar-refractivity contribution in [1.29, 1.82) is 0 Å². The Balaban J connectivity index is 2.57. The lowest BCUT2D eigenvalue weighted by Crippen LogP contribution is -2.29. The van der Waals surface area contributed by atoms with E-state index in [4.69, 9.17) is 5.11 Å². The van der Waals surface area contributed by atoms with E-state index in [1.54, 1.807) is 5.32 Å². The van der Waals surface area contributed by atoms with E-state index in [-0.39, 0.29) is 11.7 Å². The van der Waals surface area contributed by atoms with Gasteiger partial charge in [0.1, 0.15) is 0 Å². The first-order valence-electron chi connectivity index (χ1n) is 4.08. The molecule has 0 saturated heterocycles. The van der Waals surface area contributed by atoms with Crippen LogP contribution < -0.4 is 10.6 Å². The molecule has 0 aliphatic carbocycles. The van der Waals surface area contributed by atoms with Crippen LogP contribution in [-0.2, 0) is 11.3 Å². The van der Waals surface area contributed by atoms with Crippen molar-refractivity contribution in [1.82, 2.24) is 10.3 Å². The zero-order valence-corrected chi connectivity index (χ0v) is 8.85. The van der Waals surface area contributed by atoms with Crippen LogP contribution in [-0.4, -0.2) is 28.3 Å². The van der Waals surface area contributed by atoms with Crippen molar-refractivity contribution in [2.45, 2.75) is 12.7 Å². The number of carbonyl (C=O) groups is 2. The van der Waals surface area contributed by atoms with Gasteiger partial charge in [0, 0.05) is 11.1 Å². The minimum atomic E-state index is -4.98. The number of rotatable bonds is 3. The number of anilines is 1. The van der Waals surface area contributed by atoms with Crippen molar-refractivity contribution < 1.29 is 27.9 Å². The Morgan fingerprint density at radius 2 is 2.12 bits per heavy atom. The number of hydrogen-bond acceptors (Lipinski definition) is 4. The van der Waals surface area contributed by atoms with Gasteiger partial charge < -0.3 is 10.4 Å². The van der Waals surface area contributed by atoms with Crippen molar-refractivity contribution in [3.8, 4) is 0 Å². The molecule has 1 aromatic heterocycles. The van der Waals surface area contributed by atoms with Gasteiger partial charge in [-0.15, -0.1) is 0 Å². The van der Waals surface area contributed by atoms with Gasteiger partial charge in [-0.25, -0.2) is 9.78 Å². The van der Waals surface area contributed by atoms with Crippen LogP contribution in [0.3, 0.4) is 0 Å². The summed E-state index contributed by atoms with van der Waals surface area (Å²) in [6.07, 6.45) is -5.07.